The Balaban J connectivity index is 1.19. The topological polar surface area (TPSA) is 21.3 Å². The zero-order valence-electron chi connectivity index (χ0n) is 26.9. The van der Waals surface area contributed by atoms with Gasteiger partial charge in [0.1, 0.15) is 11.2 Å². The van der Waals surface area contributed by atoms with Gasteiger partial charge in [-0.2, -0.15) is 0 Å². The molecular formula is C46H28N2OS. The SMILES string of the molecule is c1ccc(-n2c3ccccc3c3cc(N(c4ccc5c(c4)oc4c6ccccc6ccc54)c4cccc5c4sc4ccccc45)ccc32)cc1. The summed E-state index contributed by atoms with van der Waals surface area (Å²) >= 11 is 1.85. The highest BCUT2D eigenvalue weighted by Crippen LogP contribution is 2.47. The highest BCUT2D eigenvalue weighted by atomic mass is 32.1. The summed E-state index contributed by atoms with van der Waals surface area (Å²) in [6, 6.07) is 61.2. The fraction of sp³-hybridized carbons (Fsp3) is 0. The number of hydrogen-bond donors (Lipinski definition) is 0. The predicted octanol–water partition coefficient (Wildman–Crippen LogP) is 13.7. The van der Waals surface area contributed by atoms with Gasteiger partial charge >= 0.3 is 0 Å². The Kier molecular flexibility index (Phi) is 5.83. The first-order valence-electron chi connectivity index (χ1n) is 16.9. The number of furan rings is 1. The third-order valence-corrected chi connectivity index (χ3v) is 11.4. The number of thiophene rings is 1. The van der Waals surface area contributed by atoms with Crippen LogP contribution in [0.4, 0.5) is 17.1 Å². The molecule has 0 saturated heterocycles. The third kappa shape index (κ3) is 3.97. The molecule has 8 aromatic carbocycles. The van der Waals surface area contributed by atoms with Crippen molar-refractivity contribution in [2.24, 2.45) is 0 Å². The number of para-hydroxylation sites is 2. The van der Waals surface area contributed by atoms with Gasteiger partial charge in [0.25, 0.3) is 0 Å². The molecule has 3 aromatic heterocycles. The van der Waals surface area contributed by atoms with Crippen molar-refractivity contribution in [2.45, 2.75) is 0 Å². The molecule has 3 nitrogen and oxygen atoms in total. The Morgan fingerprint density at radius 3 is 2.08 bits per heavy atom. The smallest absolute Gasteiger partial charge is 0.143 e. The zero-order chi connectivity index (χ0) is 32.8. The lowest BCUT2D eigenvalue weighted by Gasteiger charge is -2.26. The summed E-state index contributed by atoms with van der Waals surface area (Å²) < 4.78 is 11.6. The van der Waals surface area contributed by atoms with Crippen molar-refractivity contribution in [2.75, 3.05) is 4.90 Å². The molecule has 4 heteroatoms. The van der Waals surface area contributed by atoms with E-state index < -0.39 is 0 Å². The summed E-state index contributed by atoms with van der Waals surface area (Å²) in [5, 5.41) is 9.57. The van der Waals surface area contributed by atoms with Gasteiger partial charge in [0.05, 0.1) is 21.4 Å². The van der Waals surface area contributed by atoms with Crippen LogP contribution in [0, 0.1) is 0 Å². The standard InChI is InChI=1S/C46H28N2OS/c1-2-12-30(13-3-1)48-40-18-8-6-15-34(40)39-27-31(23-26-41(39)48)47(42-19-10-17-38-36-16-7-9-20-44(36)50-46(38)42)32-22-25-35-37-24-21-29-11-4-5-14-33(29)45(37)49-43(35)28-32/h1-28H. The van der Waals surface area contributed by atoms with Crippen LogP contribution in [-0.2, 0) is 0 Å². The van der Waals surface area contributed by atoms with E-state index in [9.17, 15) is 0 Å². The number of aromatic nitrogens is 1. The molecule has 0 radical (unpaired) electrons. The van der Waals surface area contributed by atoms with Crippen LogP contribution in [0.25, 0.3) is 80.4 Å². The molecule has 11 aromatic rings. The minimum Gasteiger partial charge on any atom is -0.455 e. The summed E-state index contributed by atoms with van der Waals surface area (Å²) in [5.41, 5.74) is 8.64. The number of fused-ring (bicyclic) bond motifs is 11. The van der Waals surface area contributed by atoms with Crippen molar-refractivity contribution in [1.29, 1.82) is 0 Å². The maximum atomic E-state index is 6.72. The van der Waals surface area contributed by atoms with Gasteiger partial charge in [-0.15, -0.1) is 11.3 Å². The first-order valence-corrected chi connectivity index (χ1v) is 17.7. The fourth-order valence-corrected chi connectivity index (χ4v) is 9.13. The van der Waals surface area contributed by atoms with E-state index in [0.29, 0.717) is 0 Å². The van der Waals surface area contributed by atoms with Gasteiger partial charge in [-0.1, -0.05) is 97.1 Å². The van der Waals surface area contributed by atoms with Gasteiger partial charge in [-0.3, -0.25) is 0 Å². The molecule has 0 aliphatic rings. The number of hydrogen-bond acceptors (Lipinski definition) is 3. The lowest BCUT2D eigenvalue weighted by Crippen LogP contribution is -2.10. The number of anilines is 3. The highest BCUT2D eigenvalue weighted by Gasteiger charge is 2.22. The molecule has 50 heavy (non-hydrogen) atoms. The van der Waals surface area contributed by atoms with Crippen LogP contribution in [0.1, 0.15) is 0 Å². The van der Waals surface area contributed by atoms with Gasteiger partial charge < -0.3 is 13.9 Å². The van der Waals surface area contributed by atoms with Gasteiger partial charge in [-0.05, 0) is 72.1 Å². The highest BCUT2D eigenvalue weighted by molar-refractivity contribution is 7.26. The lowest BCUT2D eigenvalue weighted by molar-refractivity contribution is 0.673. The minimum absolute atomic E-state index is 0.879. The van der Waals surface area contributed by atoms with E-state index in [4.69, 9.17) is 4.42 Å². The molecule has 0 atom stereocenters. The molecule has 0 spiro atoms. The lowest BCUT2D eigenvalue weighted by atomic mass is 10.1. The molecule has 234 valence electrons. The van der Waals surface area contributed by atoms with Gasteiger partial charge in [0, 0.05) is 65.5 Å². The second kappa shape index (κ2) is 10.6. The summed E-state index contributed by atoms with van der Waals surface area (Å²) in [6.45, 7) is 0. The second-order valence-corrected chi connectivity index (χ2v) is 14.0. The van der Waals surface area contributed by atoms with Crippen LogP contribution in [0.5, 0.6) is 0 Å². The van der Waals surface area contributed by atoms with E-state index >= 15 is 0 Å². The molecule has 0 unspecified atom stereocenters. The number of rotatable bonds is 4. The van der Waals surface area contributed by atoms with E-state index in [0.717, 1.165) is 50.1 Å². The van der Waals surface area contributed by atoms with Crippen molar-refractivity contribution in [3.8, 4) is 5.69 Å². The van der Waals surface area contributed by atoms with Crippen LogP contribution < -0.4 is 4.90 Å². The first-order chi connectivity index (χ1) is 24.8. The van der Waals surface area contributed by atoms with Crippen molar-refractivity contribution < 1.29 is 4.42 Å². The number of nitrogens with zero attached hydrogens (tertiary/aromatic N) is 2. The molecule has 0 saturated carbocycles. The quantitative estimate of drug-likeness (QED) is 0.188. The summed E-state index contributed by atoms with van der Waals surface area (Å²) in [5.74, 6) is 0. The van der Waals surface area contributed by atoms with Crippen LogP contribution >= 0.6 is 11.3 Å². The van der Waals surface area contributed by atoms with Crippen LogP contribution in [0.15, 0.2) is 174 Å². The largest absolute Gasteiger partial charge is 0.455 e. The predicted molar refractivity (Wildman–Crippen MR) is 213 cm³/mol. The van der Waals surface area contributed by atoms with Crippen molar-refractivity contribution in [1.82, 2.24) is 4.57 Å². The Morgan fingerprint density at radius 1 is 0.460 bits per heavy atom. The molecular weight excluding hydrogens is 629 g/mol. The van der Waals surface area contributed by atoms with E-state index in [2.05, 4.69) is 179 Å². The Labute approximate surface area is 291 Å². The molecule has 11 rings (SSSR count). The number of benzene rings is 8. The molecule has 0 aliphatic carbocycles. The molecule has 3 heterocycles. The monoisotopic (exact) mass is 656 g/mol. The fourth-order valence-electron chi connectivity index (χ4n) is 7.92. The van der Waals surface area contributed by atoms with Gasteiger partial charge in [-0.25, -0.2) is 0 Å². The van der Waals surface area contributed by atoms with Gasteiger partial charge in [0.2, 0.25) is 0 Å². The molecule has 0 aliphatic heterocycles. The Morgan fingerprint density at radius 2 is 1.16 bits per heavy atom. The molecule has 0 amide bonds. The average molecular weight is 657 g/mol. The third-order valence-electron chi connectivity index (χ3n) is 10.2. The first kappa shape index (κ1) is 27.6. The van der Waals surface area contributed by atoms with Crippen LogP contribution in [0.2, 0.25) is 0 Å². The Hall–Kier alpha value is -6.36. The van der Waals surface area contributed by atoms with E-state index in [1.807, 2.05) is 11.3 Å². The summed E-state index contributed by atoms with van der Waals surface area (Å²) in [4.78, 5) is 2.41. The minimum atomic E-state index is 0.879. The maximum Gasteiger partial charge on any atom is 0.143 e. The summed E-state index contributed by atoms with van der Waals surface area (Å²) in [6.07, 6.45) is 0. The van der Waals surface area contributed by atoms with E-state index in [1.54, 1.807) is 0 Å². The van der Waals surface area contributed by atoms with Crippen LogP contribution in [0.3, 0.4) is 0 Å². The average Bonchev–Trinajstić information content (AvgIpc) is 3.85. The normalized spacial score (nSPS) is 12.0. The maximum absolute atomic E-state index is 6.72. The van der Waals surface area contributed by atoms with Gasteiger partial charge in [0.15, 0.2) is 0 Å². The van der Waals surface area contributed by atoms with E-state index in [1.165, 1.54) is 47.4 Å². The van der Waals surface area contributed by atoms with E-state index in [-0.39, 0.29) is 0 Å². The Bertz CT molecular complexity index is 3110. The zero-order valence-corrected chi connectivity index (χ0v) is 27.7. The molecule has 0 N–H and O–H groups in total. The van der Waals surface area contributed by atoms with Crippen molar-refractivity contribution in [3.63, 3.8) is 0 Å². The van der Waals surface area contributed by atoms with Crippen molar-refractivity contribution >= 4 is 103 Å². The molecule has 0 bridgehead atoms. The molecule has 0 fully saturated rings. The summed E-state index contributed by atoms with van der Waals surface area (Å²) in [7, 11) is 0. The second-order valence-electron chi connectivity index (χ2n) is 12.9. The van der Waals surface area contributed by atoms with Crippen molar-refractivity contribution in [3.05, 3.63) is 170 Å². The van der Waals surface area contributed by atoms with Crippen LogP contribution in [-0.4, -0.2) is 4.57 Å².